The number of quaternary nitrogens is 1. The predicted molar refractivity (Wildman–Crippen MR) is 289 cm³/mol. The van der Waals surface area contributed by atoms with E-state index in [1.54, 1.807) is 0 Å². The summed E-state index contributed by atoms with van der Waals surface area (Å²) in [6.45, 7) is 4.73. The molecule has 3 unspecified atom stereocenters. The van der Waals surface area contributed by atoms with Crippen molar-refractivity contribution < 1.29 is 32.9 Å². The molecule has 67 heavy (non-hydrogen) atoms. The third-order valence-electron chi connectivity index (χ3n) is 13.4. The van der Waals surface area contributed by atoms with E-state index in [4.69, 9.17) is 9.05 Å². The van der Waals surface area contributed by atoms with Crippen molar-refractivity contribution >= 4 is 13.7 Å². The van der Waals surface area contributed by atoms with Gasteiger partial charge in [-0.3, -0.25) is 9.36 Å². The lowest BCUT2D eigenvalue weighted by Crippen LogP contribution is -2.46. The predicted octanol–water partition coefficient (Wildman–Crippen LogP) is 17.0. The number of carbonyl (C=O) groups is 1. The van der Waals surface area contributed by atoms with Crippen LogP contribution < -0.4 is 10.2 Å². The molecule has 0 aliphatic heterocycles. The van der Waals surface area contributed by atoms with Gasteiger partial charge in [-0.15, -0.1) is 0 Å². The smallest absolute Gasteiger partial charge is 0.268 e. The second kappa shape index (κ2) is 49.9. The van der Waals surface area contributed by atoms with E-state index in [-0.39, 0.29) is 19.1 Å². The van der Waals surface area contributed by atoms with Crippen LogP contribution in [0.3, 0.4) is 0 Å². The van der Waals surface area contributed by atoms with Gasteiger partial charge in [0, 0.05) is 6.42 Å². The van der Waals surface area contributed by atoms with E-state index in [0.29, 0.717) is 23.9 Å². The molecule has 0 aromatic heterocycles. The minimum absolute atomic E-state index is 0.0103. The Morgan fingerprint density at radius 1 is 0.522 bits per heavy atom. The van der Waals surface area contributed by atoms with Crippen LogP contribution in [0.25, 0.3) is 0 Å². The number of hydrogen-bond donors (Lipinski definition) is 2. The minimum atomic E-state index is -4.57. The van der Waals surface area contributed by atoms with Crippen molar-refractivity contribution in [3.05, 3.63) is 24.3 Å². The van der Waals surface area contributed by atoms with Crippen LogP contribution in [0.2, 0.25) is 0 Å². The molecule has 0 bridgehead atoms. The Labute approximate surface area is 417 Å². The Morgan fingerprint density at radius 3 is 1.25 bits per heavy atom. The lowest BCUT2D eigenvalue weighted by atomic mass is 10.0. The van der Waals surface area contributed by atoms with Crippen molar-refractivity contribution in [2.45, 2.75) is 302 Å². The Bertz CT molecular complexity index is 1140. The number of unbranched alkanes of at least 4 members (excludes halogenated alkanes) is 37. The van der Waals surface area contributed by atoms with Crippen LogP contribution in [0.15, 0.2) is 24.3 Å². The molecule has 0 radical (unpaired) electrons. The summed E-state index contributed by atoms with van der Waals surface area (Å²) in [7, 11) is 1.30. The Hall–Kier alpha value is -1.02. The summed E-state index contributed by atoms with van der Waals surface area (Å²) in [4.78, 5) is 25.5. The molecule has 398 valence electrons. The van der Waals surface area contributed by atoms with Crippen LogP contribution in [0.5, 0.6) is 0 Å². The van der Waals surface area contributed by atoms with E-state index in [0.717, 1.165) is 64.2 Å². The van der Waals surface area contributed by atoms with Crippen LogP contribution in [0.1, 0.15) is 290 Å². The largest absolute Gasteiger partial charge is 0.756 e. The van der Waals surface area contributed by atoms with Gasteiger partial charge in [0.05, 0.1) is 39.9 Å². The van der Waals surface area contributed by atoms with Gasteiger partial charge in [0.25, 0.3) is 7.82 Å². The van der Waals surface area contributed by atoms with Crippen molar-refractivity contribution in [2.24, 2.45) is 0 Å². The molecule has 0 rings (SSSR count). The average Bonchev–Trinajstić information content (AvgIpc) is 3.29. The van der Waals surface area contributed by atoms with Gasteiger partial charge in [0.1, 0.15) is 13.2 Å². The maximum Gasteiger partial charge on any atom is 0.268 e. The fourth-order valence-corrected chi connectivity index (χ4v) is 9.56. The van der Waals surface area contributed by atoms with Gasteiger partial charge in [-0.1, -0.05) is 263 Å². The molecule has 0 aliphatic carbocycles. The molecule has 0 saturated heterocycles. The molecule has 0 aromatic rings. The van der Waals surface area contributed by atoms with Crippen molar-refractivity contribution in [3.63, 3.8) is 0 Å². The molecular formula is C58H115N2O6P. The van der Waals surface area contributed by atoms with E-state index in [2.05, 4.69) is 43.5 Å². The second-order valence-electron chi connectivity index (χ2n) is 21.4. The number of aliphatic hydroxyl groups is 1. The van der Waals surface area contributed by atoms with Crippen LogP contribution in [-0.4, -0.2) is 68.5 Å². The summed E-state index contributed by atoms with van der Waals surface area (Å²) in [5.41, 5.74) is 0. The zero-order chi connectivity index (χ0) is 49.2. The first-order valence-electron chi connectivity index (χ1n) is 29.2. The first kappa shape index (κ1) is 66.0. The molecule has 0 fully saturated rings. The van der Waals surface area contributed by atoms with Gasteiger partial charge in [-0.25, -0.2) is 0 Å². The number of hydrogen-bond acceptors (Lipinski definition) is 6. The highest BCUT2D eigenvalue weighted by Gasteiger charge is 2.24. The van der Waals surface area contributed by atoms with E-state index in [1.165, 1.54) is 199 Å². The quantitative estimate of drug-likeness (QED) is 0.0272. The highest BCUT2D eigenvalue weighted by atomic mass is 31.2. The van der Waals surface area contributed by atoms with E-state index >= 15 is 0 Å². The van der Waals surface area contributed by atoms with Crippen molar-refractivity contribution in [2.75, 3.05) is 40.9 Å². The highest BCUT2D eigenvalue weighted by Crippen LogP contribution is 2.38. The molecule has 3 atom stereocenters. The fraction of sp³-hybridized carbons (Fsp3) is 0.914. The number of allylic oxidation sites excluding steroid dienone is 4. The third-order valence-corrected chi connectivity index (χ3v) is 14.4. The van der Waals surface area contributed by atoms with E-state index in [1.807, 2.05) is 21.1 Å². The van der Waals surface area contributed by atoms with Crippen LogP contribution in [-0.2, 0) is 18.4 Å². The summed E-state index contributed by atoms with van der Waals surface area (Å²) in [5.74, 6) is -0.175. The number of rotatable bonds is 54. The van der Waals surface area contributed by atoms with Crippen LogP contribution in [0, 0.1) is 0 Å². The lowest BCUT2D eigenvalue weighted by molar-refractivity contribution is -0.870. The van der Waals surface area contributed by atoms with E-state index < -0.39 is 20.0 Å². The molecule has 2 N–H and O–H groups in total. The third kappa shape index (κ3) is 52.6. The molecule has 9 heteroatoms. The van der Waals surface area contributed by atoms with Crippen molar-refractivity contribution in [3.8, 4) is 0 Å². The fourth-order valence-electron chi connectivity index (χ4n) is 8.84. The number of phosphoric ester groups is 1. The number of likely N-dealkylation sites (N-methyl/N-ethyl adjacent to an activating group) is 1. The Kier molecular flexibility index (Phi) is 49.2. The SMILES string of the molecule is CCCCCC/C=C\C/C=C\CCCCCCCC(=O)NC(COP(=O)([O-])OCC[N+](C)(C)C)C(O)CCCCCCCCCCCCCCCCCCCCCCCCCCCCCCC. The summed E-state index contributed by atoms with van der Waals surface area (Å²) < 4.78 is 23.4. The first-order valence-corrected chi connectivity index (χ1v) is 30.6. The molecule has 0 aliphatic rings. The molecule has 1 amide bonds. The molecule has 0 heterocycles. The zero-order valence-electron chi connectivity index (χ0n) is 45.4. The lowest BCUT2D eigenvalue weighted by Gasteiger charge is -2.30. The van der Waals surface area contributed by atoms with Gasteiger partial charge < -0.3 is 28.8 Å². The number of aliphatic hydroxyl groups excluding tert-OH is 1. The highest BCUT2D eigenvalue weighted by molar-refractivity contribution is 7.45. The monoisotopic (exact) mass is 967 g/mol. The first-order chi connectivity index (χ1) is 32.5. The van der Waals surface area contributed by atoms with Gasteiger partial charge in [0.2, 0.25) is 5.91 Å². The maximum absolute atomic E-state index is 12.9. The summed E-state index contributed by atoms with van der Waals surface area (Å²) in [6.07, 6.45) is 62.2. The van der Waals surface area contributed by atoms with Crippen molar-refractivity contribution in [1.82, 2.24) is 5.32 Å². The van der Waals surface area contributed by atoms with Gasteiger partial charge in [0.15, 0.2) is 0 Å². The summed E-state index contributed by atoms with van der Waals surface area (Å²) in [5, 5.41) is 14.0. The number of nitrogens with one attached hydrogen (secondary N) is 1. The van der Waals surface area contributed by atoms with Crippen LogP contribution >= 0.6 is 7.82 Å². The number of amides is 1. The molecule has 0 saturated carbocycles. The number of carbonyl (C=O) groups excluding carboxylic acids is 1. The maximum atomic E-state index is 12.9. The molecule has 8 nitrogen and oxygen atoms in total. The average molecular weight is 968 g/mol. The molecule has 0 aromatic carbocycles. The van der Waals surface area contributed by atoms with Crippen LogP contribution in [0.4, 0.5) is 0 Å². The molecule has 0 spiro atoms. The van der Waals surface area contributed by atoms with Crippen molar-refractivity contribution in [1.29, 1.82) is 0 Å². The van der Waals surface area contributed by atoms with Gasteiger partial charge >= 0.3 is 0 Å². The second-order valence-corrected chi connectivity index (χ2v) is 22.8. The topological polar surface area (TPSA) is 108 Å². The normalized spacial score (nSPS) is 14.1. The minimum Gasteiger partial charge on any atom is -0.756 e. The van der Waals surface area contributed by atoms with E-state index in [9.17, 15) is 19.4 Å². The van der Waals surface area contributed by atoms with Gasteiger partial charge in [-0.05, 0) is 44.9 Å². The summed E-state index contributed by atoms with van der Waals surface area (Å²) >= 11 is 0. The Balaban J connectivity index is 4.08. The number of nitrogens with zero attached hydrogens (tertiary/aromatic N) is 1. The zero-order valence-corrected chi connectivity index (χ0v) is 46.3. The molecular weight excluding hydrogens is 852 g/mol. The summed E-state index contributed by atoms with van der Waals surface area (Å²) in [6, 6.07) is -0.807. The van der Waals surface area contributed by atoms with Gasteiger partial charge in [-0.2, -0.15) is 0 Å². The standard InChI is InChI=1S/C58H115N2O6P/c1-6-8-10-12-14-16-18-20-22-24-25-26-27-28-29-30-31-32-33-34-35-36-37-39-41-43-45-47-49-51-57(61)56(55-66-67(63,64)65-54-53-60(3,4)5)59-58(62)52-50-48-46-44-42-40-38-23-21-19-17-15-13-11-9-7-2/h17,19,23,38,56-57,61H,6-16,18,20-22,24-37,39-55H2,1-5H3,(H-,59,62,63,64)/b19-17-,38-23-. The Morgan fingerprint density at radius 2 is 0.866 bits per heavy atom. The number of phosphoric acid groups is 1.